The molecule has 0 spiro atoms. The quantitative estimate of drug-likeness (QED) is 0.769. The largest absolute Gasteiger partial charge is 0.319 e. The van der Waals surface area contributed by atoms with Crippen LogP contribution >= 0.6 is 11.6 Å². The van der Waals surface area contributed by atoms with Crippen LogP contribution in [0.5, 0.6) is 0 Å². The van der Waals surface area contributed by atoms with Gasteiger partial charge < -0.3 is 5.32 Å². The molecule has 0 saturated carbocycles. The minimum absolute atomic E-state index is 0.489. The molecule has 1 aromatic heterocycles. The van der Waals surface area contributed by atoms with E-state index >= 15 is 0 Å². The first-order valence-electron chi connectivity index (χ1n) is 3.86. The van der Waals surface area contributed by atoms with Crippen LogP contribution in [0.3, 0.4) is 0 Å². The van der Waals surface area contributed by atoms with Crippen molar-refractivity contribution < 1.29 is 0 Å². The number of hydrogen-bond donors (Lipinski definition) is 1. The number of aryl methyl sites for hydroxylation is 1. The zero-order valence-corrected chi connectivity index (χ0v) is 8.02. The molecule has 0 aliphatic heterocycles. The highest BCUT2D eigenvalue weighted by molar-refractivity contribution is 6.29. The average Bonchev–Trinajstić information content (AvgIpc) is 2.07. The highest BCUT2D eigenvalue weighted by atomic mass is 35.5. The van der Waals surface area contributed by atoms with E-state index in [-0.39, 0.29) is 0 Å². The maximum Gasteiger partial charge on any atom is 0.150 e. The van der Waals surface area contributed by atoms with Crippen molar-refractivity contribution >= 4 is 11.6 Å². The summed E-state index contributed by atoms with van der Waals surface area (Å²) in [5.74, 6) is 0. The number of rotatable bonds is 3. The minimum atomic E-state index is 0.489. The van der Waals surface area contributed by atoms with Gasteiger partial charge in [0.15, 0.2) is 0 Å². The Kier molecular flexibility index (Phi) is 3.44. The van der Waals surface area contributed by atoms with Crippen LogP contribution in [-0.2, 0) is 6.42 Å². The second kappa shape index (κ2) is 4.38. The summed E-state index contributed by atoms with van der Waals surface area (Å²) >= 11 is 5.73. The zero-order chi connectivity index (χ0) is 8.97. The maximum absolute atomic E-state index is 5.73. The molecule has 0 aromatic carbocycles. The van der Waals surface area contributed by atoms with Gasteiger partial charge in [0.25, 0.3) is 0 Å². The van der Waals surface area contributed by atoms with Crippen molar-refractivity contribution in [1.29, 1.82) is 0 Å². The molecule has 0 radical (unpaired) electrons. The summed E-state index contributed by atoms with van der Waals surface area (Å²) in [6.07, 6.45) is 2.61. The first-order valence-corrected chi connectivity index (χ1v) is 4.24. The van der Waals surface area contributed by atoms with Gasteiger partial charge >= 0.3 is 0 Å². The Balaban J connectivity index is 2.69. The standard InChI is InChI=1S/C8H12ClN3/c1-6-8(9)11-5-7(12-6)3-4-10-2/h5,10H,3-4H2,1-2H3. The highest BCUT2D eigenvalue weighted by Gasteiger charge is 1.99. The summed E-state index contributed by atoms with van der Waals surface area (Å²) in [6.45, 7) is 2.77. The summed E-state index contributed by atoms with van der Waals surface area (Å²) in [7, 11) is 1.91. The van der Waals surface area contributed by atoms with Gasteiger partial charge in [-0.15, -0.1) is 0 Å². The molecule has 12 heavy (non-hydrogen) atoms. The van der Waals surface area contributed by atoms with Crippen LogP contribution in [0.15, 0.2) is 6.20 Å². The minimum Gasteiger partial charge on any atom is -0.319 e. The van der Waals surface area contributed by atoms with Gasteiger partial charge in [-0.05, 0) is 14.0 Å². The van der Waals surface area contributed by atoms with Gasteiger partial charge in [0.1, 0.15) is 5.15 Å². The molecule has 1 aromatic rings. The Morgan fingerprint density at radius 1 is 1.58 bits per heavy atom. The van der Waals surface area contributed by atoms with Crippen molar-refractivity contribution in [2.45, 2.75) is 13.3 Å². The fraction of sp³-hybridized carbons (Fsp3) is 0.500. The predicted octanol–water partition coefficient (Wildman–Crippen LogP) is 1.20. The van der Waals surface area contributed by atoms with E-state index in [0.29, 0.717) is 5.15 Å². The van der Waals surface area contributed by atoms with E-state index in [1.165, 1.54) is 0 Å². The van der Waals surface area contributed by atoms with Crippen molar-refractivity contribution in [1.82, 2.24) is 15.3 Å². The third-order valence-electron chi connectivity index (χ3n) is 1.57. The summed E-state index contributed by atoms with van der Waals surface area (Å²) in [5.41, 5.74) is 1.77. The Morgan fingerprint density at radius 2 is 2.33 bits per heavy atom. The van der Waals surface area contributed by atoms with Crippen LogP contribution in [-0.4, -0.2) is 23.6 Å². The van der Waals surface area contributed by atoms with Crippen molar-refractivity contribution in [3.8, 4) is 0 Å². The summed E-state index contributed by atoms with van der Waals surface area (Å²) < 4.78 is 0. The molecule has 0 saturated heterocycles. The van der Waals surface area contributed by atoms with E-state index in [9.17, 15) is 0 Å². The van der Waals surface area contributed by atoms with E-state index in [1.807, 2.05) is 14.0 Å². The second-order valence-corrected chi connectivity index (χ2v) is 2.95. The van der Waals surface area contributed by atoms with Gasteiger partial charge in [0, 0.05) is 13.0 Å². The number of halogens is 1. The topological polar surface area (TPSA) is 37.8 Å². The van der Waals surface area contributed by atoms with Crippen LogP contribution in [0.1, 0.15) is 11.4 Å². The molecule has 0 bridgehead atoms. The van der Waals surface area contributed by atoms with Gasteiger partial charge in [0.2, 0.25) is 0 Å². The molecular weight excluding hydrogens is 174 g/mol. The van der Waals surface area contributed by atoms with Gasteiger partial charge in [-0.2, -0.15) is 0 Å². The predicted molar refractivity (Wildman–Crippen MR) is 49.4 cm³/mol. The fourth-order valence-electron chi connectivity index (χ4n) is 0.889. The molecule has 0 amide bonds. The van der Waals surface area contributed by atoms with Gasteiger partial charge in [-0.25, -0.2) is 4.98 Å². The normalized spacial score (nSPS) is 10.2. The molecule has 0 unspecified atom stereocenters. The lowest BCUT2D eigenvalue weighted by Crippen LogP contribution is -2.11. The molecule has 0 fully saturated rings. The number of nitrogens with one attached hydrogen (secondary N) is 1. The third-order valence-corrected chi connectivity index (χ3v) is 1.94. The highest BCUT2D eigenvalue weighted by Crippen LogP contribution is 2.08. The van der Waals surface area contributed by atoms with Crippen LogP contribution in [0.25, 0.3) is 0 Å². The molecule has 66 valence electrons. The third kappa shape index (κ3) is 2.43. The first kappa shape index (κ1) is 9.42. The Labute approximate surface area is 77.2 Å². The maximum atomic E-state index is 5.73. The molecule has 1 rings (SSSR count). The Bertz CT molecular complexity index is 262. The number of nitrogens with zero attached hydrogens (tertiary/aromatic N) is 2. The van der Waals surface area contributed by atoms with Gasteiger partial charge in [-0.1, -0.05) is 11.6 Å². The fourth-order valence-corrected chi connectivity index (χ4v) is 0.980. The second-order valence-electron chi connectivity index (χ2n) is 2.59. The van der Waals surface area contributed by atoms with E-state index in [1.54, 1.807) is 6.20 Å². The number of aromatic nitrogens is 2. The Hall–Kier alpha value is -0.670. The molecule has 0 aliphatic carbocycles. The smallest absolute Gasteiger partial charge is 0.150 e. The van der Waals surface area contributed by atoms with Crippen LogP contribution in [0.2, 0.25) is 5.15 Å². The van der Waals surface area contributed by atoms with Crippen molar-refractivity contribution in [2.75, 3.05) is 13.6 Å². The monoisotopic (exact) mass is 185 g/mol. The van der Waals surface area contributed by atoms with Crippen LogP contribution in [0, 0.1) is 6.92 Å². The summed E-state index contributed by atoms with van der Waals surface area (Å²) in [6, 6.07) is 0. The van der Waals surface area contributed by atoms with Crippen molar-refractivity contribution in [3.63, 3.8) is 0 Å². The SMILES string of the molecule is CNCCc1cnc(Cl)c(C)n1. The summed E-state index contributed by atoms with van der Waals surface area (Å²) in [5, 5.41) is 3.54. The molecule has 0 aliphatic rings. The molecule has 3 nitrogen and oxygen atoms in total. The van der Waals surface area contributed by atoms with Crippen LogP contribution < -0.4 is 5.32 Å². The molecular formula is C8H12ClN3. The lowest BCUT2D eigenvalue weighted by Gasteiger charge is -2.01. The lowest BCUT2D eigenvalue weighted by molar-refractivity contribution is 0.769. The zero-order valence-electron chi connectivity index (χ0n) is 7.26. The van der Waals surface area contributed by atoms with E-state index < -0.39 is 0 Å². The van der Waals surface area contributed by atoms with E-state index in [2.05, 4.69) is 15.3 Å². The van der Waals surface area contributed by atoms with Gasteiger partial charge in [-0.3, -0.25) is 4.98 Å². The lowest BCUT2D eigenvalue weighted by atomic mass is 10.3. The van der Waals surface area contributed by atoms with E-state index in [0.717, 1.165) is 24.4 Å². The molecule has 4 heteroatoms. The van der Waals surface area contributed by atoms with Crippen molar-refractivity contribution in [3.05, 3.63) is 22.7 Å². The Morgan fingerprint density at radius 3 is 2.92 bits per heavy atom. The first-order chi connectivity index (χ1) is 5.74. The number of likely N-dealkylation sites (N-methyl/N-ethyl adjacent to an activating group) is 1. The van der Waals surface area contributed by atoms with Crippen molar-refractivity contribution in [2.24, 2.45) is 0 Å². The van der Waals surface area contributed by atoms with Crippen LogP contribution in [0.4, 0.5) is 0 Å². The molecule has 0 atom stereocenters. The van der Waals surface area contributed by atoms with E-state index in [4.69, 9.17) is 11.6 Å². The molecule has 1 heterocycles. The summed E-state index contributed by atoms with van der Waals surface area (Å²) in [4.78, 5) is 8.28. The van der Waals surface area contributed by atoms with Gasteiger partial charge in [0.05, 0.1) is 17.6 Å². The number of hydrogen-bond acceptors (Lipinski definition) is 3. The molecule has 1 N–H and O–H groups in total. The average molecular weight is 186 g/mol.